The quantitative estimate of drug-likeness (QED) is 0.872. The second-order valence-corrected chi connectivity index (χ2v) is 4.73. The topological polar surface area (TPSA) is 28.2 Å². The number of pyridine rings is 1. The Hall–Kier alpha value is -1.16. The van der Waals surface area contributed by atoms with E-state index < -0.39 is 0 Å². The van der Waals surface area contributed by atoms with Crippen LogP contribution in [0, 0.1) is 11.7 Å². The summed E-state index contributed by atoms with van der Waals surface area (Å²) >= 11 is 0. The van der Waals surface area contributed by atoms with Gasteiger partial charge in [0.2, 0.25) is 0 Å². The summed E-state index contributed by atoms with van der Waals surface area (Å²) in [5.74, 6) is 0.848. The van der Waals surface area contributed by atoms with Crippen LogP contribution in [0.2, 0.25) is 0 Å². The highest BCUT2D eigenvalue weighted by molar-refractivity contribution is 5.40. The van der Waals surface area contributed by atoms with E-state index in [9.17, 15) is 4.39 Å². The van der Waals surface area contributed by atoms with Crippen molar-refractivity contribution in [3.05, 3.63) is 24.1 Å². The normalized spacial score (nSPS) is 22.5. The number of aromatic nitrogens is 1. The molecule has 1 aromatic heterocycles. The van der Waals surface area contributed by atoms with Crippen molar-refractivity contribution in [3.63, 3.8) is 0 Å². The van der Waals surface area contributed by atoms with Gasteiger partial charge in [0.1, 0.15) is 0 Å². The molecule has 4 heteroatoms. The lowest BCUT2D eigenvalue weighted by Crippen LogP contribution is -2.44. The molecule has 1 N–H and O–H groups in total. The summed E-state index contributed by atoms with van der Waals surface area (Å²) in [7, 11) is 1.98. The van der Waals surface area contributed by atoms with Gasteiger partial charge in [0.15, 0.2) is 11.6 Å². The lowest BCUT2D eigenvalue weighted by molar-refractivity contribution is 0.331. The summed E-state index contributed by atoms with van der Waals surface area (Å²) < 4.78 is 13.7. The van der Waals surface area contributed by atoms with Crippen molar-refractivity contribution in [2.45, 2.75) is 25.8 Å². The number of halogens is 1. The Bertz CT molecular complexity index is 369. The maximum Gasteiger partial charge on any atom is 0.165 e. The highest BCUT2D eigenvalue weighted by Crippen LogP contribution is 2.25. The number of hydrogen-bond acceptors (Lipinski definition) is 3. The minimum atomic E-state index is -0.217. The van der Waals surface area contributed by atoms with Crippen LogP contribution in [-0.2, 0) is 0 Å². The molecule has 0 aliphatic carbocycles. The van der Waals surface area contributed by atoms with Gasteiger partial charge in [-0.05, 0) is 44.9 Å². The van der Waals surface area contributed by atoms with Crippen molar-refractivity contribution in [2.75, 3.05) is 25.0 Å². The summed E-state index contributed by atoms with van der Waals surface area (Å²) in [5, 5.41) is 3.28. The van der Waals surface area contributed by atoms with Crippen molar-refractivity contribution in [1.82, 2.24) is 10.3 Å². The monoisotopic (exact) mass is 237 g/mol. The first-order valence-corrected chi connectivity index (χ1v) is 6.25. The summed E-state index contributed by atoms with van der Waals surface area (Å²) in [4.78, 5) is 6.22. The van der Waals surface area contributed by atoms with Crippen LogP contribution in [0.3, 0.4) is 0 Å². The Kier molecular flexibility index (Phi) is 3.94. The average molecular weight is 237 g/mol. The van der Waals surface area contributed by atoms with Gasteiger partial charge in [-0.15, -0.1) is 0 Å². The van der Waals surface area contributed by atoms with Gasteiger partial charge in [-0.25, -0.2) is 9.37 Å². The number of piperidine rings is 1. The molecule has 1 aromatic rings. The molecule has 17 heavy (non-hydrogen) atoms. The van der Waals surface area contributed by atoms with Crippen LogP contribution in [0.4, 0.5) is 10.2 Å². The SMILES string of the molecule is CNC(C)C1CCCN(c2ncccc2F)C1. The molecule has 2 heterocycles. The second-order valence-electron chi connectivity index (χ2n) is 4.73. The zero-order valence-corrected chi connectivity index (χ0v) is 10.5. The minimum absolute atomic E-state index is 0.217. The molecule has 0 radical (unpaired) electrons. The predicted molar refractivity (Wildman–Crippen MR) is 67.7 cm³/mol. The molecule has 0 spiro atoms. The van der Waals surface area contributed by atoms with Crippen LogP contribution in [0.25, 0.3) is 0 Å². The first-order valence-electron chi connectivity index (χ1n) is 6.25. The molecule has 3 nitrogen and oxygen atoms in total. The first kappa shape index (κ1) is 12.3. The molecule has 2 rings (SSSR count). The van der Waals surface area contributed by atoms with Gasteiger partial charge >= 0.3 is 0 Å². The first-order chi connectivity index (χ1) is 8.22. The Morgan fingerprint density at radius 2 is 2.41 bits per heavy atom. The van der Waals surface area contributed by atoms with Gasteiger partial charge in [-0.3, -0.25) is 0 Å². The third-order valence-electron chi connectivity index (χ3n) is 3.66. The van der Waals surface area contributed by atoms with Crippen molar-refractivity contribution in [1.29, 1.82) is 0 Å². The van der Waals surface area contributed by atoms with E-state index in [1.54, 1.807) is 12.3 Å². The maximum atomic E-state index is 13.7. The van der Waals surface area contributed by atoms with E-state index in [-0.39, 0.29) is 5.82 Å². The molecule has 0 aromatic carbocycles. The molecule has 2 unspecified atom stereocenters. The van der Waals surface area contributed by atoms with Gasteiger partial charge in [0.25, 0.3) is 0 Å². The molecule has 94 valence electrons. The molecule has 2 atom stereocenters. The van der Waals surface area contributed by atoms with Crippen LogP contribution in [0.1, 0.15) is 19.8 Å². The molecule has 1 fully saturated rings. The van der Waals surface area contributed by atoms with E-state index in [2.05, 4.69) is 22.1 Å². The van der Waals surface area contributed by atoms with E-state index in [1.807, 2.05) is 7.05 Å². The maximum absolute atomic E-state index is 13.7. The Balaban J connectivity index is 2.10. The highest BCUT2D eigenvalue weighted by Gasteiger charge is 2.25. The smallest absolute Gasteiger partial charge is 0.165 e. The molecular weight excluding hydrogens is 217 g/mol. The zero-order valence-electron chi connectivity index (χ0n) is 10.5. The van der Waals surface area contributed by atoms with E-state index in [0.717, 1.165) is 19.5 Å². The number of hydrogen-bond donors (Lipinski definition) is 1. The van der Waals surface area contributed by atoms with E-state index in [4.69, 9.17) is 0 Å². The number of nitrogens with one attached hydrogen (secondary N) is 1. The third-order valence-corrected chi connectivity index (χ3v) is 3.66. The molecule has 0 saturated carbocycles. The fourth-order valence-electron chi connectivity index (χ4n) is 2.46. The van der Waals surface area contributed by atoms with Gasteiger partial charge in [0.05, 0.1) is 0 Å². The van der Waals surface area contributed by atoms with Gasteiger partial charge in [-0.1, -0.05) is 0 Å². The Morgan fingerprint density at radius 3 is 3.12 bits per heavy atom. The van der Waals surface area contributed by atoms with Crippen molar-refractivity contribution in [2.24, 2.45) is 5.92 Å². The van der Waals surface area contributed by atoms with Crippen LogP contribution in [0.15, 0.2) is 18.3 Å². The average Bonchev–Trinajstić information content (AvgIpc) is 2.38. The molecule has 0 bridgehead atoms. The van der Waals surface area contributed by atoms with Crippen molar-refractivity contribution >= 4 is 5.82 Å². The number of rotatable bonds is 3. The molecule has 1 aliphatic rings. The molecular formula is C13H20FN3. The molecule has 1 aliphatic heterocycles. The zero-order chi connectivity index (χ0) is 12.3. The number of nitrogens with zero attached hydrogens (tertiary/aromatic N) is 2. The second kappa shape index (κ2) is 5.45. The van der Waals surface area contributed by atoms with Crippen LogP contribution in [0.5, 0.6) is 0 Å². The van der Waals surface area contributed by atoms with E-state index >= 15 is 0 Å². The number of anilines is 1. The molecule has 0 amide bonds. The van der Waals surface area contributed by atoms with Crippen molar-refractivity contribution in [3.8, 4) is 0 Å². The summed E-state index contributed by atoms with van der Waals surface area (Å²) in [6, 6.07) is 3.58. The van der Waals surface area contributed by atoms with Gasteiger partial charge in [0, 0.05) is 25.3 Å². The predicted octanol–water partition coefficient (Wildman–Crippen LogP) is 2.04. The van der Waals surface area contributed by atoms with Crippen LogP contribution < -0.4 is 10.2 Å². The fourth-order valence-corrected chi connectivity index (χ4v) is 2.46. The minimum Gasteiger partial charge on any atom is -0.354 e. The van der Waals surface area contributed by atoms with E-state index in [1.165, 1.54) is 12.5 Å². The Labute approximate surface area is 102 Å². The summed E-state index contributed by atoms with van der Waals surface area (Å²) in [6.07, 6.45) is 3.96. The largest absolute Gasteiger partial charge is 0.354 e. The molecule has 1 saturated heterocycles. The highest BCUT2D eigenvalue weighted by atomic mass is 19.1. The van der Waals surface area contributed by atoms with Crippen LogP contribution >= 0.6 is 0 Å². The van der Waals surface area contributed by atoms with E-state index in [0.29, 0.717) is 17.8 Å². The third kappa shape index (κ3) is 2.75. The fraction of sp³-hybridized carbons (Fsp3) is 0.615. The lowest BCUT2D eigenvalue weighted by Gasteiger charge is -2.36. The van der Waals surface area contributed by atoms with Crippen molar-refractivity contribution < 1.29 is 4.39 Å². The summed E-state index contributed by atoms with van der Waals surface area (Å²) in [5.41, 5.74) is 0. The summed E-state index contributed by atoms with van der Waals surface area (Å²) in [6.45, 7) is 3.97. The van der Waals surface area contributed by atoms with Crippen LogP contribution in [-0.4, -0.2) is 31.2 Å². The lowest BCUT2D eigenvalue weighted by atomic mass is 9.91. The Morgan fingerprint density at radius 1 is 1.59 bits per heavy atom. The standard InChI is InChI=1S/C13H20FN3/c1-10(15-2)11-5-4-8-17(9-11)13-12(14)6-3-7-16-13/h3,6-7,10-11,15H,4-5,8-9H2,1-2H3. The van der Waals surface area contributed by atoms with Gasteiger partial charge in [-0.2, -0.15) is 0 Å². The van der Waals surface area contributed by atoms with Gasteiger partial charge < -0.3 is 10.2 Å².